The average Bonchev–Trinajstić information content (AvgIpc) is 3.17. The molecule has 0 radical (unpaired) electrons. The molecule has 3 rings (SSSR count). The lowest BCUT2D eigenvalue weighted by Crippen LogP contribution is -2.42. The number of aldehydes is 1. The topological polar surface area (TPSA) is 123 Å². The van der Waals surface area contributed by atoms with Gasteiger partial charge in [-0.1, -0.05) is 12.1 Å². The molecule has 0 aromatic carbocycles. The third-order valence-corrected chi connectivity index (χ3v) is 6.36. The fourth-order valence-electron chi connectivity index (χ4n) is 2.93. The molecule has 30 heavy (non-hydrogen) atoms. The van der Waals surface area contributed by atoms with Gasteiger partial charge in [0.15, 0.2) is 0 Å². The molecule has 0 bridgehead atoms. The molecule has 1 unspecified atom stereocenters. The Hall–Kier alpha value is -2.61. The van der Waals surface area contributed by atoms with Gasteiger partial charge in [0.25, 0.3) is 10.0 Å². The maximum absolute atomic E-state index is 12.7. The minimum absolute atomic E-state index is 0.0524. The third kappa shape index (κ3) is 5.11. The number of nitrogens with one attached hydrogen (secondary N) is 1. The van der Waals surface area contributed by atoms with E-state index in [1.54, 1.807) is 6.92 Å². The number of halogens is 3. The Bertz CT molecular complexity index is 971. The van der Waals surface area contributed by atoms with Gasteiger partial charge in [-0.3, -0.25) is 4.68 Å². The largest absolute Gasteiger partial charge is 0.419 e. The number of rotatable bonds is 7. The van der Waals surface area contributed by atoms with Crippen LogP contribution >= 0.6 is 0 Å². The normalized spacial score (nSPS) is 17.6. The average molecular weight is 447 g/mol. The number of sulfonamides is 1. The number of hydrogen-bond acceptors (Lipinski definition) is 8. The van der Waals surface area contributed by atoms with Gasteiger partial charge in [0, 0.05) is 37.4 Å². The molecule has 1 atom stereocenters. The minimum atomic E-state index is -4.51. The summed E-state index contributed by atoms with van der Waals surface area (Å²) in [5.41, 5.74) is -0.940. The van der Waals surface area contributed by atoms with E-state index in [9.17, 15) is 26.4 Å². The van der Waals surface area contributed by atoms with E-state index < -0.39 is 21.8 Å². The van der Waals surface area contributed by atoms with Crippen molar-refractivity contribution in [1.29, 1.82) is 0 Å². The van der Waals surface area contributed by atoms with Gasteiger partial charge >= 0.3 is 6.18 Å². The molecule has 2 aromatic heterocycles. The van der Waals surface area contributed by atoms with Crippen LogP contribution in [0.1, 0.15) is 25.3 Å². The predicted octanol–water partition coefficient (Wildman–Crippen LogP) is 1.19. The summed E-state index contributed by atoms with van der Waals surface area (Å²) in [6, 6.07) is -0.183. The smallest absolute Gasteiger partial charge is 0.351 e. The van der Waals surface area contributed by atoms with Crippen LogP contribution in [0.5, 0.6) is 0 Å². The van der Waals surface area contributed by atoms with Crippen molar-refractivity contribution >= 4 is 22.3 Å². The first-order valence-corrected chi connectivity index (χ1v) is 10.5. The van der Waals surface area contributed by atoms with Gasteiger partial charge in [-0.05, 0) is 12.8 Å². The molecule has 0 amide bonds. The van der Waals surface area contributed by atoms with Crippen LogP contribution < -0.4 is 5.32 Å². The summed E-state index contributed by atoms with van der Waals surface area (Å²) in [5.74, 6) is -0.270. The molecule has 3 heterocycles. The molecule has 1 saturated heterocycles. The van der Waals surface area contributed by atoms with Crippen LogP contribution in [0, 0.1) is 5.92 Å². The van der Waals surface area contributed by atoms with Crippen molar-refractivity contribution in [3.8, 4) is 0 Å². The van der Waals surface area contributed by atoms with Crippen LogP contribution in [0.2, 0.25) is 0 Å². The Morgan fingerprint density at radius 3 is 2.47 bits per heavy atom. The number of nitrogens with zero attached hydrogens (tertiary/aromatic N) is 6. The fraction of sp³-hybridized carbons (Fsp3) is 0.562. The molecule has 2 aromatic rings. The molecule has 10 nitrogen and oxygen atoms in total. The summed E-state index contributed by atoms with van der Waals surface area (Å²) >= 11 is 0. The highest BCUT2D eigenvalue weighted by Gasteiger charge is 2.33. The monoisotopic (exact) mass is 447 g/mol. The summed E-state index contributed by atoms with van der Waals surface area (Å²) in [5, 5.41) is 10.2. The number of alkyl halides is 3. The molecule has 164 valence electrons. The van der Waals surface area contributed by atoms with Crippen LogP contribution in [-0.4, -0.2) is 63.1 Å². The number of carbonyl (C=O) groups excluding carboxylic acids is 1. The van der Waals surface area contributed by atoms with Crippen LogP contribution in [0.3, 0.4) is 0 Å². The van der Waals surface area contributed by atoms with Crippen molar-refractivity contribution < 1.29 is 26.4 Å². The van der Waals surface area contributed by atoms with Gasteiger partial charge < -0.3 is 10.1 Å². The summed E-state index contributed by atoms with van der Waals surface area (Å²) in [4.78, 5) is 18.1. The molecule has 0 saturated carbocycles. The second kappa shape index (κ2) is 8.63. The summed E-state index contributed by atoms with van der Waals surface area (Å²) in [7, 11) is -3.84. The number of anilines is 1. The second-order valence-electron chi connectivity index (χ2n) is 7.01. The zero-order valence-corrected chi connectivity index (χ0v) is 16.8. The Kier molecular flexibility index (Phi) is 6.36. The molecule has 1 N–H and O–H groups in total. The van der Waals surface area contributed by atoms with E-state index in [1.165, 1.54) is 15.2 Å². The SMILES string of the molecule is CC(C=O)Cn1cc(S(=O)(=O)N2CCC(Nc3ncc(C(F)(F)F)cn3)CC2)nn1. The predicted molar refractivity (Wildman–Crippen MR) is 97.7 cm³/mol. The third-order valence-electron chi connectivity index (χ3n) is 4.60. The van der Waals surface area contributed by atoms with Gasteiger partial charge in [-0.2, -0.15) is 17.5 Å². The van der Waals surface area contributed by atoms with E-state index in [0.29, 0.717) is 25.2 Å². The van der Waals surface area contributed by atoms with Crippen LogP contribution in [0.25, 0.3) is 0 Å². The summed E-state index contributed by atoms with van der Waals surface area (Å²) in [6.45, 7) is 2.29. The van der Waals surface area contributed by atoms with E-state index in [0.717, 1.165) is 6.29 Å². The first-order valence-electron chi connectivity index (χ1n) is 9.11. The van der Waals surface area contributed by atoms with Crippen molar-refractivity contribution in [1.82, 2.24) is 29.3 Å². The molecule has 1 fully saturated rings. The molecule has 0 spiro atoms. The minimum Gasteiger partial charge on any atom is -0.351 e. The van der Waals surface area contributed by atoms with Crippen LogP contribution in [0.4, 0.5) is 19.1 Å². The first-order chi connectivity index (χ1) is 14.1. The molecule has 1 aliphatic rings. The number of aromatic nitrogens is 5. The quantitative estimate of drug-likeness (QED) is 0.628. The lowest BCUT2D eigenvalue weighted by Gasteiger charge is -2.30. The highest BCUT2D eigenvalue weighted by atomic mass is 32.2. The molecule has 14 heteroatoms. The standard InChI is InChI=1S/C16H20F3N7O3S/c1-11(10-27)8-25-9-14(23-24-25)30(28,29)26-4-2-13(3-5-26)22-15-20-6-12(7-21-15)16(17,18)19/h6-7,9-11,13H,2-5,8H2,1H3,(H,20,21,22). The number of carbonyl (C=O) groups is 1. The maximum atomic E-state index is 12.7. The van der Waals surface area contributed by atoms with Crippen molar-refractivity contribution in [2.24, 2.45) is 5.92 Å². The lowest BCUT2D eigenvalue weighted by molar-refractivity contribution is -0.138. The summed E-state index contributed by atoms with van der Waals surface area (Å²) in [6.07, 6.45) is -0.248. The van der Waals surface area contributed by atoms with E-state index in [-0.39, 0.29) is 42.6 Å². The van der Waals surface area contributed by atoms with Crippen molar-refractivity contribution in [3.05, 3.63) is 24.2 Å². The molecule has 0 aliphatic carbocycles. The lowest BCUT2D eigenvalue weighted by atomic mass is 10.1. The highest BCUT2D eigenvalue weighted by molar-refractivity contribution is 7.89. The maximum Gasteiger partial charge on any atom is 0.419 e. The second-order valence-corrected chi connectivity index (χ2v) is 8.89. The van der Waals surface area contributed by atoms with Crippen molar-refractivity contribution in [2.45, 2.75) is 43.6 Å². The summed E-state index contributed by atoms with van der Waals surface area (Å²) < 4.78 is 65.8. The Balaban J connectivity index is 1.57. The van der Waals surface area contributed by atoms with Crippen molar-refractivity contribution in [2.75, 3.05) is 18.4 Å². The van der Waals surface area contributed by atoms with Gasteiger partial charge in [0.2, 0.25) is 11.0 Å². The molecule has 1 aliphatic heterocycles. The zero-order chi connectivity index (χ0) is 21.9. The van der Waals surface area contributed by atoms with Crippen LogP contribution in [-0.2, 0) is 27.5 Å². The van der Waals surface area contributed by atoms with E-state index in [1.807, 2.05) is 0 Å². The highest BCUT2D eigenvalue weighted by Crippen LogP contribution is 2.28. The first kappa shape index (κ1) is 22.1. The van der Waals surface area contributed by atoms with Gasteiger partial charge in [-0.15, -0.1) is 5.10 Å². The van der Waals surface area contributed by atoms with E-state index in [2.05, 4.69) is 25.6 Å². The van der Waals surface area contributed by atoms with Gasteiger partial charge in [0.05, 0.1) is 18.3 Å². The van der Waals surface area contributed by atoms with Crippen LogP contribution in [0.15, 0.2) is 23.6 Å². The van der Waals surface area contributed by atoms with Gasteiger partial charge in [-0.25, -0.2) is 18.4 Å². The Labute approximate surface area is 170 Å². The van der Waals surface area contributed by atoms with Crippen molar-refractivity contribution in [3.63, 3.8) is 0 Å². The number of piperidine rings is 1. The number of hydrogen-bond donors (Lipinski definition) is 1. The molecular weight excluding hydrogens is 427 g/mol. The van der Waals surface area contributed by atoms with E-state index in [4.69, 9.17) is 0 Å². The molecular formula is C16H20F3N7O3S. The Morgan fingerprint density at radius 2 is 1.90 bits per heavy atom. The zero-order valence-electron chi connectivity index (χ0n) is 15.9. The van der Waals surface area contributed by atoms with E-state index >= 15 is 0 Å². The fourth-order valence-corrected chi connectivity index (χ4v) is 4.28. The van der Waals surface area contributed by atoms with Gasteiger partial charge in [0.1, 0.15) is 6.29 Å². The Morgan fingerprint density at radius 1 is 1.27 bits per heavy atom.